The van der Waals surface area contributed by atoms with Crippen LogP contribution in [0.25, 0.3) is 0 Å². The third-order valence-corrected chi connectivity index (χ3v) is 4.64. The molecule has 1 aromatic carbocycles. The Morgan fingerprint density at radius 3 is 2.37 bits per heavy atom. The van der Waals surface area contributed by atoms with Gasteiger partial charge in [-0.3, -0.25) is 4.90 Å². The average molecular weight is 260 g/mol. The van der Waals surface area contributed by atoms with E-state index in [2.05, 4.69) is 62.9 Å². The molecule has 5 atom stereocenters. The van der Waals surface area contributed by atoms with Crippen molar-refractivity contribution in [1.29, 1.82) is 0 Å². The quantitative estimate of drug-likeness (QED) is 0.902. The molecular weight excluding hydrogens is 232 g/mol. The molecule has 0 amide bonds. The lowest BCUT2D eigenvalue weighted by molar-refractivity contribution is 0.0314. The molecule has 1 aromatic rings. The van der Waals surface area contributed by atoms with Crippen LogP contribution in [0.4, 0.5) is 0 Å². The smallest absolute Gasteiger partial charge is 0.0499 e. The van der Waals surface area contributed by atoms with E-state index in [-0.39, 0.29) is 6.04 Å². The van der Waals surface area contributed by atoms with Crippen molar-refractivity contribution >= 4 is 0 Å². The van der Waals surface area contributed by atoms with Crippen molar-refractivity contribution in [3.63, 3.8) is 0 Å². The van der Waals surface area contributed by atoms with Crippen molar-refractivity contribution in [1.82, 2.24) is 4.90 Å². The first-order valence-corrected chi connectivity index (χ1v) is 7.57. The molecule has 2 nitrogen and oxygen atoms in total. The number of nitrogens with zero attached hydrogens (tertiary/aromatic N) is 1. The van der Waals surface area contributed by atoms with E-state index in [1.165, 1.54) is 12.0 Å². The highest BCUT2D eigenvalue weighted by Gasteiger charge is 2.35. The van der Waals surface area contributed by atoms with E-state index in [1.807, 2.05) is 0 Å². The molecular formula is C17H28N2. The van der Waals surface area contributed by atoms with Gasteiger partial charge in [-0.15, -0.1) is 0 Å². The Bertz CT molecular complexity index is 388. The lowest BCUT2D eigenvalue weighted by atomic mass is 9.83. The Labute approximate surface area is 118 Å². The third-order valence-electron chi connectivity index (χ3n) is 4.64. The fraction of sp³-hybridized carbons (Fsp3) is 0.647. The molecule has 0 aromatic heterocycles. The largest absolute Gasteiger partial charge is 0.326 e. The van der Waals surface area contributed by atoms with Crippen LogP contribution < -0.4 is 5.73 Å². The van der Waals surface area contributed by atoms with Gasteiger partial charge >= 0.3 is 0 Å². The molecule has 0 aliphatic carbocycles. The predicted octanol–water partition coefficient (Wildman–Crippen LogP) is 3.44. The zero-order valence-corrected chi connectivity index (χ0v) is 12.7. The summed E-state index contributed by atoms with van der Waals surface area (Å²) in [5.74, 6) is 1.50. The fourth-order valence-corrected chi connectivity index (χ4v) is 3.57. The Morgan fingerprint density at radius 2 is 1.79 bits per heavy atom. The van der Waals surface area contributed by atoms with E-state index in [9.17, 15) is 0 Å². The molecule has 106 valence electrons. The first-order chi connectivity index (χ1) is 9.00. The van der Waals surface area contributed by atoms with Crippen molar-refractivity contribution < 1.29 is 0 Å². The lowest BCUT2D eigenvalue weighted by Gasteiger charge is -2.46. The van der Waals surface area contributed by atoms with Gasteiger partial charge in [0, 0.05) is 24.7 Å². The minimum absolute atomic E-state index is 0.155. The van der Waals surface area contributed by atoms with Crippen LogP contribution in [0.2, 0.25) is 0 Å². The molecule has 2 N–H and O–H groups in total. The predicted molar refractivity (Wildman–Crippen MR) is 81.9 cm³/mol. The number of hydrogen-bond acceptors (Lipinski definition) is 2. The van der Waals surface area contributed by atoms with E-state index >= 15 is 0 Å². The zero-order chi connectivity index (χ0) is 14.0. The molecule has 1 heterocycles. The van der Waals surface area contributed by atoms with Gasteiger partial charge in [-0.2, -0.15) is 0 Å². The highest BCUT2D eigenvalue weighted by atomic mass is 15.2. The van der Waals surface area contributed by atoms with Gasteiger partial charge < -0.3 is 5.73 Å². The number of benzene rings is 1. The maximum absolute atomic E-state index is 6.31. The summed E-state index contributed by atoms with van der Waals surface area (Å²) in [6.07, 6.45) is 1.33. The molecule has 2 rings (SSSR count). The van der Waals surface area contributed by atoms with Gasteiger partial charge in [0.15, 0.2) is 0 Å². The molecule has 19 heavy (non-hydrogen) atoms. The van der Waals surface area contributed by atoms with Crippen LogP contribution in [-0.2, 0) is 0 Å². The highest BCUT2D eigenvalue weighted by molar-refractivity contribution is 5.21. The van der Waals surface area contributed by atoms with Gasteiger partial charge in [-0.25, -0.2) is 0 Å². The van der Waals surface area contributed by atoms with Crippen LogP contribution in [0, 0.1) is 11.8 Å². The molecule has 0 saturated carbocycles. The Morgan fingerprint density at radius 1 is 1.16 bits per heavy atom. The molecule has 1 saturated heterocycles. The minimum atomic E-state index is 0.155. The Balaban J connectivity index is 2.28. The van der Waals surface area contributed by atoms with Gasteiger partial charge in [0.25, 0.3) is 0 Å². The van der Waals surface area contributed by atoms with Crippen molar-refractivity contribution in [2.24, 2.45) is 17.6 Å². The summed E-state index contributed by atoms with van der Waals surface area (Å²) in [7, 11) is 0. The number of piperidine rings is 1. The topological polar surface area (TPSA) is 29.3 Å². The Kier molecular flexibility index (Phi) is 4.64. The first-order valence-electron chi connectivity index (χ1n) is 7.57. The SMILES string of the molecule is CC1CC(C)C(C)N(C(c2ccccc2)C(C)N)C1. The van der Waals surface area contributed by atoms with Gasteiger partial charge in [0.1, 0.15) is 0 Å². The van der Waals surface area contributed by atoms with Crippen molar-refractivity contribution in [2.45, 2.75) is 52.2 Å². The lowest BCUT2D eigenvalue weighted by Crippen LogP contribution is -2.51. The summed E-state index contributed by atoms with van der Waals surface area (Å²) in [4.78, 5) is 2.62. The van der Waals surface area contributed by atoms with Gasteiger partial charge in [-0.1, -0.05) is 44.2 Å². The second-order valence-corrected chi connectivity index (χ2v) is 6.47. The van der Waals surface area contributed by atoms with E-state index in [0.717, 1.165) is 18.4 Å². The minimum Gasteiger partial charge on any atom is -0.326 e. The summed E-state index contributed by atoms with van der Waals surface area (Å²) in [5.41, 5.74) is 7.66. The molecule has 0 spiro atoms. The molecule has 1 aliphatic rings. The summed E-state index contributed by atoms with van der Waals surface area (Å²) < 4.78 is 0. The van der Waals surface area contributed by atoms with E-state index in [0.29, 0.717) is 12.1 Å². The van der Waals surface area contributed by atoms with E-state index in [1.54, 1.807) is 0 Å². The van der Waals surface area contributed by atoms with Gasteiger partial charge in [-0.05, 0) is 37.7 Å². The maximum atomic E-state index is 6.31. The number of nitrogens with two attached hydrogens (primary N) is 1. The molecule has 1 aliphatic heterocycles. The number of likely N-dealkylation sites (tertiary alicyclic amines) is 1. The van der Waals surface area contributed by atoms with Crippen LogP contribution in [-0.4, -0.2) is 23.5 Å². The number of rotatable bonds is 3. The van der Waals surface area contributed by atoms with Crippen molar-refractivity contribution in [2.75, 3.05) is 6.54 Å². The second kappa shape index (κ2) is 6.06. The van der Waals surface area contributed by atoms with Crippen molar-refractivity contribution in [3.05, 3.63) is 35.9 Å². The summed E-state index contributed by atoms with van der Waals surface area (Å²) in [6, 6.07) is 11.8. The highest BCUT2D eigenvalue weighted by Crippen LogP contribution is 2.35. The monoisotopic (exact) mass is 260 g/mol. The normalized spacial score (nSPS) is 31.9. The number of hydrogen-bond donors (Lipinski definition) is 1. The zero-order valence-electron chi connectivity index (χ0n) is 12.7. The first kappa shape index (κ1) is 14.5. The second-order valence-electron chi connectivity index (χ2n) is 6.47. The Hall–Kier alpha value is -0.860. The molecule has 0 bridgehead atoms. The van der Waals surface area contributed by atoms with Crippen LogP contribution in [0.3, 0.4) is 0 Å². The maximum Gasteiger partial charge on any atom is 0.0499 e. The van der Waals surface area contributed by atoms with Gasteiger partial charge in [0.05, 0.1) is 0 Å². The van der Waals surface area contributed by atoms with Crippen molar-refractivity contribution in [3.8, 4) is 0 Å². The van der Waals surface area contributed by atoms with Crippen LogP contribution in [0.1, 0.15) is 45.7 Å². The van der Waals surface area contributed by atoms with Gasteiger partial charge in [0.2, 0.25) is 0 Å². The van der Waals surface area contributed by atoms with E-state index in [4.69, 9.17) is 5.73 Å². The average Bonchev–Trinajstić information content (AvgIpc) is 2.36. The van der Waals surface area contributed by atoms with E-state index < -0.39 is 0 Å². The van der Waals surface area contributed by atoms with Crippen LogP contribution >= 0.6 is 0 Å². The molecule has 2 heteroatoms. The third kappa shape index (κ3) is 3.18. The standard InChI is InChI=1S/C17H28N2/c1-12-10-13(2)15(4)19(11-12)17(14(3)18)16-8-6-5-7-9-16/h5-9,12-15,17H,10-11,18H2,1-4H3. The summed E-state index contributed by atoms with van der Waals surface area (Å²) in [5, 5.41) is 0. The molecule has 1 fully saturated rings. The molecule has 0 radical (unpaired) electrons. The summed E-state index contributed by atoms with van der Waals surface area (Å²) >= 11 is 0. The van der Waals surface area contributed by atoms with Crippen LogP contribution in [0.15, 0.2) is 30.3 Å². The fourth-order valence-electron chi connectivity index (χ4n) is 3.57. The van der Waals surface area contributed by atoms with Crippen LogP contribution in [0.5, 0.6) is 0 Å². The molecule has 5 unspecified atom stereocenters. The summed E-state index contributed by atoms with van der Waals surface area (Å²) in [6.45, 7) is 10.4.